The van der Waals surface area contributed by atoms with Crippen LogP contribution in [0.1, 0.15) is 6.42 Å². The van der Waals surface area contributed by atoms with Crippen molar-refractivity contribution < 1.29 is 19.1 Å². The highest BCUT2D eigenvalue weighted by Crippen LogP contribution is 2.52. The first-order valence-electron chi connectivity index (χ1n) is 7.89. The normalized spacial score (nSPS) is 29.3. The molecule has 4 rings (SSSR count). The number of imide groups is 1. The molecule has 4 atom stereocenters. The summed E-state index contributed by atoms with van der Waals surface area (Å²) < 4.78 is 5.32. The van der Waals surface area contributed by atoms with E-state index in [2.05, 4.69) is 5.43 Å². The van der Waals surface area contributed by atoms with Crippen molar-refractivity contribution >= 4 is 40.9 Å². The molecule has 6 nitrogen and oxygen atoms in total. The van der Waals surface area contributed by atoms with E-state index in [1.807, 2.05) is 12.2 Å². The number of halogens is 2. The highest BCUT2D eigenvalue weighted by atomic mass is 35.5. The van der Waals surface area contributed by atoms with Gasteiger partial charge in [0.2, 0.25) is 0 Å². The second kappa shape index (κ2) is 6.04. The van der Waals surface area contributed by atoms with Gasteiger partial charge < -0.3 is 4.74 Å². The quantitative estimate of drug-likeness (QED) is 0.641. The number of amides is 3. The molecule has 2 aliphatic carbocycles. The largest absolute Gasteiger partial charge is 0.482 e. The van der Waals surface area contributed by atoms with Gasteiger partial charge >= 0.3 is 0 Å². The highest BCUT2D eigenvalue weighted by Gasteiger charge is 2.59. The minimum atomic E-state index is -0.604. The van der Waals surface area contributed by atoms with Crippen LogP contribution in [-0.4, -0.2) is 29.3 Å². The summed E-state index contributed by atoms with van der Waals surface area (Å²) in [6, 6.07) is 4.61. The van der Waals surface area contributed by atoms with Crippen molar-refractivity contribution in [2.75, 3.05) is 6.61 Å². The summed E-state index contributed by atoms with van der Waals surface area (Å²) in [6.45, 7) is -0.376. The topological polar surface area (TPSA) is 75.7 Å². The van der Waals surface area contributed by atoms with Gasteiger partial charge in [0, 0.05) is 5.02 Å². The van der Waals surface area contributed by atoms with E-state index in [1.54, 1.807) is 6.07 Å². The van der Waals surface area contributed by atoms with E-state index in [0.29, 0.717) is 10.8 Å². The van der Waals surface area contributed by atoms with Crippen LogP contribution >= 0.6 is 23.2 Å². The first kappa shape index (κ1) is 16.4. The summed E-state index contributed by atoms with van der Waals surface area (Å²) in [5.74, 6) is -1.51. The van der Waals surface area contributed by atoms with Crippen LogP contribution in [0.5, 0.6) is 5.75 Å². The van der Waals surface area contributed by atoms with Gasteiger partial charge in [0.15, 0.2) is 6.61 Å². The van der Waals surface area contributed by atoms with Gasteiger partial charge in [-0.05, 0) is 36.5 Å². The van der Waals surface area contributed by atoms with Crippen molar-refractivity contribution in [3.63, 3.8) is 0 Å². The maximum absolute atomic E-state index is 12.5. The Bertz CT molecular complexity index is 780. The van der Waals surface area contributed by atoms with E-state index < -0.39 is 5.91 Å². The smallest absolute Gasteiger partial charge is 0.276 e. The number of nitrogens with one attached hydrogen (secondary N) is 1. The first-order chi connectivity index (χ1) is 12.0. The zero-order valence-electron chi connectivity index (χ0n) is 12.9. The molecule has 1 saturated carbocycles. The minimum absolute atomic E-state index is 0.0949. The Kier molecular flexibility index (Phi) is 3.96. The highest BCUT2D eigenvalue weighted by molar-refractivity contribution is 6.35. The van der Waals surface area contributed by atoms with Crippen molar-refractivity contribution in [2.45, 2.75) is 6.42 Å². The van der Waals surface area contributed by atoms with Crippen LogP contribution in [0, 0.1) is 23.7 Å². The molecule has 25 heavy (non-hydrogen) atoms. The number of carbonyl (C=O) groups is 3. The second-order valence-corrected chi connectivity index (χ2v) is 7.25. The Labute approximate surface area is 153 Å². The van der Waals surface area contributed by atoms with Crippen LogP contribution in [0.3, 0.4) is 0 Å². The molecule has 1 aromatic rings. The average Bonchev–Trinajstić information content (AvgIpc) is 3.24. The van der Waals surface area contributed by atoms with Crippen LogP contribution in [-0.2, 0) is 14.4 Å². The summed E-state index contributed by atoms with van der Waals surface area (Å²) in [6.07, 6.45) is 4.83. The lowest BCUT2D eigenvalue weighted by atomic mass is 9.85. The summed E-state index contributed by atoms with van der Waals surface area (Å²) in [5, 5.41) is 1.56. The van der Waals surface area contributed by atoms with Gasteiger partial charge in [0.25, 0.3) is 17.7 Å². The Morgan fingerprint density at radius 1 is 1.16 bits per heavy atom. The van der Waals surface area contributed by atoms with Crippen molar-refractivity contribution in [1.82, 2.24) is 10.4 Å². The molecule has 0 aromatic heterocycles. The van der Waals surface area contributed by atoms with E-state index in [4.69, 9.17) is 27.9 Å². The standard InChI is InChI=1S/C17H14Cl2N2O4/c18-10-3-4-12(11(19)6-10)25-7-13(22)20-21-16(23)14-8-1-2-9(5-8)15(14)17(21)24/h1-4,6,8-9,14-15H,5,7H2,(H,20,22)/t8-,9+,14+,15-. The number of nitrogens with zero attached hydrogens (tertiary/aromatic N) is 1. The van der Waals surface area contributed by atoms with Crippen LogP contribution in [0.15, 0.2) is 30.4 Å². The molecule has 0 spiro atoms. The number of hydrazine groups is 1. The number of ether oxygens (including phenoxy) is 1. The summed E-state index contributed by atoms with van der Waals surface area (Å²) in [7, 11) is 0. The third-order valence-electron chi connectivity index (χ3n) is 4.96. The number of rotatable bonds is 4. The number of allylic oxidation sites excluding steroid dienone is 2. The molecule has 1 aliphatic heterocycles. The van der Waals surface area contributed by atoms with Crippen LogP contribution in [0.2, 0.25) is 10.0 Å². The molecule has 130 valence electrons. The number of hydrogen-bond donors (Lipinski definition) is 1. The lowest BCUT2D eigenvalue weighted by Gasteiger charge is -2.18. The summed E-state index contributed by atoms with van der Waals surface area (Å²) >= 11 is 11.8. The van der Waals surface area contributed by atoms with Gasteiger partial charge in [0.1, 0.15) is 5.75 Å². The van der Waals surface area contributed by atoms with E-state index in [9.17, 15) is 14.4 Å². The van der Waals surface area contributed by atoms with Gasteiger partial charge in [-0.15, -0.1) is 0 Å². The van der Waals surface area contributed by atoms with Crippen molar-refractivity contribution in [1.29, 1.82) is 0 Å². The van der Waals surface area contributed by atoms with Gasteiger partial charge in [-0.25, -0.2) is 0 Å². The molecular formula is C17H14Cl2N2O4. The number of fused-ring (bicyclic) bond motifs is 5. The van der Waals surface area contributed by atoms with E-state index in [-0.39, 0.29) is 47.1 Å². The molecule has 3 aliphatic rings. The molecule has 0 radical (unpaired) electrons. The Hall–Kier alpha value is -2.05. The van der Waals surface area contributed by atoms with Crippen LogP contribution < -0.4 is 10.2 Å². The minimum Gasteiger partial charge on any atom is -0.482 e. The predicted molar refractivity (Wildman–Crippen MR) is 89.7 cm³/mol. The molecular weight excluding hydrogens is 367 g/mol. The third kappa shape index (κ3) is 2.69. The SMILES string of the molecule is O=C(COc1ccc(Cl)cc1Cl)NN1C(=O)[C@@H]2[C@H](C1=O)[C@H]1C=C[C@@H]2C1. The van der Waals surface area contributed by atoms with E-state index in [1.165, 1.54) is 12.1 Å². The number of benzene rings is 1. The monoisotopic (exact) mass is 380 g/mol. The third-order valence-corrected chi connectivity index (χ3v) is 5.49. The Morgan fingerprint density at radius 2 is 1.80 bits per heavy atom. The van der Waals surface area contributed by atoms with Crippen molar-refractivity contribution in [2.24, 2.45) is 23.7 Å². The van der Waals surface area contributed by atoms with Gasteiger partial charge in [-0.1, -0.05) is 35.4 Å². The Morgan fingerprint density at radius 3 is 2.40 bits per heavy atom. The zero-order chi connectivity index (χ0) is 17.7. The molecule has 1 aromatic carbocycles. The number of carbonyl (C=O) groups excluding carboxylic acids is 3. The molecule has 1 N–H and O–H groups in total. The fourth-order valence-electron chi connectivity index (χ4n) is 3.91. The maximum Gasteiger partial charge on any atom is 0.276 e. The molecule has 8 heteroatoms. The molecule has 1 saturated heterocycles. The first-order valence-corrected chi connectivity index (χ1v) is 8.65. The average molecular weight is 381 g/mol. The van der Waals surface area contributed by atoms with Gasteiger partial charge in [0.05, 0.1) is 16.9 Å². The van der Waals surface area contributed by atoms with Crippen molar-refractivity contribution in [3.8, 4) is 5.75 Å². The van der Waals surface area contributed by atoms with Gasteiger partial charge in [-0.3, -0.25) is 19.8 Å². The van der Waals surface area contributed by atoms with E-state index >= 15 is 0 Å². The fourth-order valence-corrected chi connectivity index (χ4v) is 4.37. The molecule has 3 amide bonds. The van der Waals surface area contributed by atoms with Gasteiger partial charge in [-0.2, -0.15) is 5.01 Å². The molecule has 2 bridgehead atoms. The van der Waals surface area contributed by atoms with Crippen LogP contribution in [0.4, 0.5) is 0 Å². The van der Waals surface area contributed by atoms with E-state index in [0.717, 1.165) is 11.4 Å². The predicted octanol–water partition coefficient (Wildman–Crippen LogP) is 2.21. The zero-order valence-corrected chi connectivity index (χ0v) is 14.5. The molecule has 1 heterocycles. The molecule has 0 unspecified atom stereocenters. The Balaban J connectivity index is 1.38. The number of hydrogen-bond acceptors (Lipinski definition) is 4. The summed E-state index contributed by atoms with van der Waals surface area (Å²) in [5.41, 5.74) is 2.35. The lowest BCUT2D eigenvalue weighted by Crippen LogP contribution is -2.48. The van der Waals surface area contributed by atoms with Crippen LogP contribution in [0.25, 0.3) is 0 Å². The second-order valence-electron chi connectivity index (χ2n) is 6.41. The fraction of sp³-hybridized carbons (Fsp3) is 0.353. The summed E-state index contributed by atoms with van der Waals surface area (Å²) in [4.78, 5) is 37.0. The maximum atomic E-state index is 12.5. The molecule has 2 fully saturated rings. The lowest BCUT2D eigenvalue weighted by molar-refractivity contribution is -0.150. The van der Waals surface area contributed by atoms with Crippen molar-refractivity contribution in [3.05, 3.63) is 40.4 Å².